The van der Waals surface area contributed by atoms with Crippen LogP contribution in [0.4, 0.5) is 0 Å². The van der Waals surface area contributed by atoms with Crippen LogP contribution in [-0.2, 0) is 17.4 Å². The zero-order valence-corrected chi connectivity index (χ0v) is 14.1. The van der Waals surface area contributed by atoms with Crippen molar-refractivity contribution in [1.82, 2.24) is 0 Å². The Morgan fingerprint density at radius 2 is 1.73 bits per heavy atom. The van der Waals surface area contributed by atoms with Crippen molar-refractivity contribution in [3.8, 4) is 0 Å². The molecule has 15 heavy (non-hydrogen) atoms. The van der Waals surface area contributed by atoms with Crippen molar-refractivity contribution < 1.29 is 34.3 Å². The molecule has 0 heterocycles. The summed E-state index contributed by atoms with van der Waals surface area (Å²) in [7, 11) is 0. The van der Waals surface area contributed by atoms with Crippen molar-refractivity contribution in [1.29, 1.82) is 0 Å². The number of thiocarbonyl (C=S) groups is 1. The summed E-state index contributed by atoms with van der Waals surface area (Å²) in [6.07, 6.45) is 6.76. The van der Waals surface area contributed by atoms with Gasteiger partial charge in [-0.25, -0.2) is 0 Å². The fourth-order valence-corrected chi connectivity index (χ4v) is 2.03. The van der Waals surface area contributed by atoms with Gasteiger partial charge in [0.05, 0.1) is 0 Å². The first-order valence-corrected chi connectivity index (χ1v) is 6.31. The van der Waals surface area contributed by atoms with Gasteiger partial charge in [0.25, 0.3) is 0 Å². The minimum absolute atomic E-state index is 0. The molecule has 0 unspecified atom stereocenters. The smallest absolute Gasteiger partial charge is 0.507 e. The maximum atomic E-state index is 5.63. The van der Waals surface area contributed by atoms with E-state index < -0.39 is 0 Å². The van der Waals surface area contributed by atoms with E-state index in [0.717, 1.165) is 19.3 Å². The summed E-state index contributed by atoms with van der Waals surface area (Å²) in [6, 6.07) is 0. The minimum Gasteiger partial charge on any atom is -0.507 e. The molecule has 0 radical (unpaired) electrons. The predicted octanol–water partition coefficient (Wildman–Crippen LogP) is 0.978. The normalized spacial score (nSPS) is 10.6. The molecule has 0 spiro atoms. The second-order valence-electron chi connectivity index (χ2n) is 3.70. The molecule has 1 nitrogen and oxygen atoms in total. The molecule has 0 saturated carbocycles. The fraction of sp³-hybridized carbons (Fsp3) is 0.909. The molecular weight excluding hydrogens is 235 g/mol. The first-order chi connectivity index (χ1) is 6.60. The fourth-order valence-electron chi connectivity index (χ4n) is 1.67. The van der Waals surface area contributed by atoms with E-state index in [1.807, 2.05) is 0 Å². The van der Waals surface area contributed by atoms with Gasteiger partial charge in [-0.2, -0.15) is 0 Å². The minimum atomic E-state index is -0.0893. The Morgan fingerprint density at radius 1 is 1.20 bits per heavy atom. The van der Waals surface area contributed by atoms with E-state index in [-0.39, 0.29) is 39.5 Å². The van der Waals surface area contributed by atoms with Crippen LogP contribution in [0.15, 0.2) is 0 Å². The third kappa shape index (κ3) is 7.92. The standard InChI is InChI=1S/C11H22OS2.Na/c1-4-7-8-9-11(5-2,6-3)12-10(13)14;/h4-9H2,1-3H3,(H,13,14);/q;+1/p-1. The second-order valence-corrected chi connectivity index (χ2v) is 4.70. The van der Waals surface area contributed by atoms with Gasteiger partial charge in [0, 0.05) is 4.38 Å². The molecule has 0 amide bonds. The Morgan fingerprint density at radius 3 is 2.07 bits per heavy atom. The van der Waals surface area contributed by atoms with E-state index in [0.29, 0.717) is 0 Å². The van der Waals surface area contributed by atoms with E-state index in [4.69, 9.17) is 29.6 Å². The molecule has 0 fully saturated rings. The number of hydrogen-bond donors (Lipinski definition) is 0. The van der Waals surface area contributed by atoms with Gasteiger partial charge in [0.1, 0.15) is 5.60 Å². The van der Waals surface area contributed by atoms with Gasteiger partial charge in [0.15, 0.2) is 0 Å². The van der Waals surface area contributed by atoms with Crippen LogP contribution >= 0.6 is 12.2 Å². The maximum Gasteiger partial charge on any atom is 1.00 e. The van der Waals surface area contributed by atoms with Gasteiger partial charge in [0.2, 0.25) is 0 Å². The van der Waals surface area contributed by atoms with Crippen molar-refractivity contribution in [2.24, 2.45) is 0 Å². The van der Waals surface area contributed by atoms with Gasteiger partial charge < -0.3 is 29.6 Å². The zero-order chi connectivity index (χ0) is 11.0. The number of unbranched alkanes of at least 4 members (excludes halogenated alkanes) is 2. The Kier molecular flexibility index (Phi) is 12.7. The van der Waals surface area contributed by atoms with Crippen molar-refractivity contribution in [2.75, 3.05) is 0 Å². The van der Waals surface area contributed by atoms with Gasteiger partial charge >= 0.3 is 29.6 Å². The van der Waals surface area contributed by atoms with Crippen LogP contribution in [0.5, 0.6) is 0 Å². The molecule has 0 aliphatic heterocycles. The van der Waals surface area contributed by atoms with Gasteiger partial charge in [-0.3, -0.25) is 0 Å². The summed E-state index contributed by atoms with van der Waals surface area (Å²) in [5.41, 5.74) is -0.0893. The molecule has 0 rings (SSSR count). The summed E-state index contributed by atoms with van der Waals surface area (Å²) in [5, 5.41) is 0. The molecule has 84 valence electrons. The first-order valence-electron chi connectivity index (χ1n) is 5.50. The van der Waals surface area contributed by atoms with E-state index in [9.17, 15) is 0 Å². The van der Waals surface area contributed by atoms with Crippen molar-refractivity contribution >= 4 is 29.2 Å². The van der Waals surface area contributed by atoms with Crippen molar-refractivity contribution in [2.45, 2.75) is 64.9 Å². The Bertz CT molecular complexity index is 170. The summed E-state index contributed by atoms with van der Waals surface area (Å²) in [6.45, 7) is 6.49. The van der Waals surface area contributed by atoms with E-state index in [1.54, 1.807) is 0 Å². The summed E-state index contributed by atoms with van der Waals surface area (Å²) < 4.78 is 5.90. The van der Waals surface area contributed by atoms with Crippen LogP contribution in [0.2, 0.25) is 0 Å². The third-order valence-corrected chi connectivity index (χ3v) is 2.99. The third-order valence-electron chi connectivity index (χ3n) is 2.82. The average molecular weight is 256 g/mol. The summed E-state index contributed by atoms with van der Waals surface area (Å²) in [4.78, 5) is 0. The van der Waals surface area contributed by atoms with E-state index in [1.165, 1.54) is 19.3 Å². The molecule has 0 saturated heterocycles. The van der Waals surface area contributed by atoms with Gasteiger partial charge in [-0.05, 0) is 25.7 Å². The van der Waals surface area contributed by atoms with Crippen LogP contribution in [0.3, 0.4) is 0 Å². The van der Waals surface area contributed by atoms with Crippen molar-refractivity contribution in [3.63, 3.8) is 0 Å². The molecule has 0 aliphatic rings. The number of rotatable bonds is 7. The molecule has 0 N–H and O–H groups in total. The average Bonchev–Trinajstić information content (AvgIpc) is 2.16. The molecule has 4 heteroatoms. The van der Waals surface area contributed by atoms with Crippen molar-refractivity contribution in [3.05, 3.63) is 0 Å². The molecule has 0 atom stereocenters. The van der Waals surface area contributed by atoms with Crippen LogP contribution in [0, 0.1) is 0 Å². The Labute approximate surface area is 127 Å². The number of hydrogen-bond acceptors (Lipinski definition) is 3. The summed E-state index contributed by atoms with van der Waals surface area (Å²) >= 11 is 9.70. The molecular formula is C11H21NaOS2. The first kappa shape index (κ1) is 18.5. The molecule has 0 aliphatic carbocycles. The van der Waals surface area contributed by atoms with E-state index >= 15 is 0 Å². The second kappa shape index (κ2) is 10.3. The van der Waals surface area contributed by atoms with Crippen LogP contribution in [0.1, 0.15) is 59.3 Å². The number of ether oxygens (including phenoxy) is 1. The summed E-state index contributed by atoms with van der Waals surface area (Å²) in [5.74, 6) is 0. The topological polar surface area (TPSA) is 9.23 Å². The van der Waals surface area contributed by atoms with Gasteiger partial charge in [-0.15, -0.1) is 0 Å². The molecule has 0 aromatic carbocycles. The maximum absolute atomic E-state index is 5.63. The Hall–Kier alpha value is 1.11. The van der Waals surface area contributed by atoms with Crippen LogP contribution < -0.4 is 29.6 Å². The molecule has 0 bridgehead atoms. The monoisotopic (exact) mass is 256 g/mol. The van der Waals surface area contributed by atoms with E-state index in [2.05, 4.69) is 20.8 Å². The largest absolute Gasteiger partial charge is 1.00 e. The van der Waals surface area contributed by atoms with Gasteiger partial charge in [-0.1, -0.05) is 33.6 Å². The zero-order valence-electron chi connectivity index (χ0n) is 10.5. The SMILES string of the molecule is CCCCCC(CC)(CC)OC(=S)[S-].[Na+]. The Balaban J connectivity index is 0. The molecule has 0 aromatic heterocycles. The quantitative estimate of drug-likeness (QED) is 0.291. The van der Waals surface area contributed by atoms with Crippen LogP contribution in [0.25, 0.3) is 0 Å². The molecule has 0 aromatic rings. The van der Waals surface area contributed by atoms with Crippen LogP contribution in [-0.4, -0.2) is 9.98 Å². The predicted molar refractivity (Wildman–Crippen MR) is 68.5 cm³/mol.